The molecule has 0 aliphatic rings. The number of ether oxygens (including phenoxy) is 2. The van der Waals surface area contributed by atoms with Gasteiger partial charge in [0.2, 0.25) is 5.91 Å². The van der Waals surface area contributed by atoms with Gasteiger partial charge in [-0.1, -0.05) is 68.4 Å². The number of methoxy groups -OCH3 is 1. The van der Waals surface area contributed by atoms with Crippen molar-refractivity contribution in [1.82, 2.24) is 10.2 Å². The maximum Gasteiger partial charge on any atom is 0.261 e. The van der Waals surface area contributed by atoms with Crippen LogP contribution in [0.3, 0.4) is 0 Å². The molecule has 2 amide bonds. The van der Waals surface area contributed by atoms with Crippen LogP contribution in [-0.4, -0.2) is 43.0 Å². The summed E-state index contributed by atoms with van der Waals surface area (Å²) in [6, 6.07) is 22.4. The predicted molar refractivity (Wildman–Crippen MR) is 147 cm³/mol. The Morgan fingerprint density at radius 3 is 2.32 bits per heavy atom. The minimum absolute atomic E-state index is 0.170. The Bertz CT molecular complexity index is 1180. The van der Waals surface area contributed by atoms with Crippen LogP contribution in [0.4, 0.5) is 0 Å². The molecule has 3 aromatic rings. The highest BCUT2D eigenvalue weighted by atomic mass is 16.5. The van der Waals surface area contributed by atoms with Crippen LogP contribution < -0.4 is 14.8 Å². The fourth-order valence-electron chi connectivity index (χ4n) is 4.05. The van der Waals surface area contributed by atoms with Gasteiger partial charge in [0.1, 0.15) is 17.5 Å². The lowest BCUT2D eigenvalue weighted by Crippen LogP contribution is -2.52. The molecule has 0 heterocycles. The van der Waals surface area contributed by atoms with E-state index in [-0.39, 0.29) is 30.9 Å². The lowest BCUT2D eigenvalue weighted by Gasteiger charge is -2.32. The standard InChI is InChI=1S/C31H38N2O4/c1-22(2)19-32-31(35)28(18-25-12-7-6-8-13-25)33(20-26-14-10-15-27(17-26)36-5)30(34)21-37-29-16-9-11-23(3)24(29)4/h6-17,22,28H,18-21H2,1-5H3,(H,32,35). The third kappa shape index (κ3) is 8.10. The molecule has 1 unspecified atom stereocenters. The predicted octanol–water partition coefficient (Wildman–Crippen LogP) is 5.10. The third-order valence-corrected chi connectivity index (χ3v) is 6.35. The topological polar surface area (TPSA) is 67.9 Å². The van der Waals surface area contributed by atoms with Crippen molar-refractivity contribution in [2.45, 2.75) is 46.7 Å². The highest BCUT2D eigenvalue weighted by Gasteiger charge is 2.31. The van der Waals surface area contributed by atoms with Crippen LogP contribution >= 0.6 is 0 Å². The second-order valence-electron chi connectivity index (χ2n) is 9.70. The molecule has 0 saturated carbocycles. The van der Waals surface area contributed by atoms with E-state index in [1.54, 1.807) is 12.0 Å². The van der Waals surface area contributed by atoms with E-state index in [0.717, 1.165) is 22.3 Å². The molecular weight excluding hydrogens is 464 g/mol. The number of aryl methyl sites for hydroxylation is 1. The molecule has 6 nitrogen and oxygen atoms in total. The molecule has 37 heavy (non-hydrogen) atoms. The van der Waals surface area contributed by atoms with Gasteiger partial charge < -0.3 is 19.7 Å². The van der Waals surface area contributed by atoms with Gasteiger partial charge in [-0.3, -0.25) is 9.59 Å². The Kier molecular flexibility index (Phi) is 10.1. The minimum atomic E-state index is -0.706. The molecule has 0 radical (unpaired) electrons. The molecular formula is C31H38N2O4. The SMILES string of the molecule is COc1cccc(CN(C(=O)COc2cccc(C)c2C)C(Cc2ccccc2)C(=O)NCC(C)C)c1. The summed E-state index contributed by atoms with van der Waals surface area (Å²) < 4.78 is 11.4. The lowest BCUT2D eigenvalue weighted by atomic mass is 10.0. The summed E-state index contributed by atoms with van der Waals surface area (Å²) in [4.78, 5) is 28.9. The maximum atomic E-state index is 13.7. The van der Waals surface area contributed by atoms with E-state index in [9.17, 15) is 9.59 Å². The van der Waals surface area contributed by atoms with Crippen LogP contribution in [0, 0.1) is 19.8 Å². The van der Waals surface area contributed by atoms with Crippen molar-refractivity contribution in [1.29, 1.82) is 0 Å². The van der Waals surface area contributed by atoms with Gasteiger partial charge in [0.25, 0.3) is 5.91 Å². The van der Waals surface area contributed by atoms with Gasteiger partial charge in [-0.15, -0.1) is 0 Å². The van der Waals surface area contributed by atoms with Gasteiger partial charge in [-0.05, 0) is 60.2 Å². The molecule has 196 valence electrons. The first kappa shape index (κ1) is 27.8. The van der Waals surface area contributed by atoms with E-state index in [2.05, 4.69) is 5.32 Å². The molecule has 0 spiro atoms. The summed E-state index contributed by atoms with van der Waals surface area (Å²) in [5.74, 6) is 1.21. The molecule has 3 aromatic carbocycles. The fourth-order valence-corrected chi connectivity index (χ4v) is 4.05. The first-order valence-corrected chi connectivity index (χ1v) is 12.7. The Morgan fingerprint density at radius 2 is 1.62 bits per heavy atom. The molecule has 6 heteroatoms. The fraction of sp³-hybridized carbons (Fsp3) is 0.355. The van der Waals surface area contributed by atoms with Crippen LogP contribution in [0.25, 0.3) is 0 Å². The van der Waals surface area contributed by atoms with E-state index < -0.39 is 6.04 Å². The van der Waals surface area contributed by atoms with Crippen molar-refractivity contribution in [3.05, 3.63) is 95.1 Å². The largest absolute Gasteiger partial charge is 0.497 e. The van der Waals surface area contributed by atoms with Crippen LogP contribution in [-0.2, 0) is 22.6 Å². The van der Waals surface area contributed by atoms with Gasteiger partial charge >= 0.3 is 0 Å². The number of carbonyl (C=O) groups excluding carboxylic acids is 2. The van der Waals surface area contributed by atoms with Crippen LogP contribution in [0.5, 0.6) is 11.5 Å². The highest BCUT2D eigenvalue weighted by molar-refractivity contribution is 5.88. The lowest BCUT2D eigenvalue weighted by molar-refractivity contribution is -0.142. The van der Waals surface area contributed by atoms with Gasteiger partial charge in [-0.25, -0.2) is 0 Å². The number of carbonyl (C=O) groups is 2. The smallest absolute Gasteiger partial charge is 0.261 e. The maximum absolute atomic E-state index is 13.7. The molecule has 0 aromatic heterocycles. The molecule has 0 saturated heterocycles. The monoisotopic (exact) mass is 502 g/mol. The van der Waals surface area contributed by atoms with Crippen molar-refractivity contribution in [3.8, 4) is 11.5 Å². The Morgan fingerprint density at radius 1 is 0.919 bits per heavy atom. The van der Waals surface area contributed by atoms with Gasteiger partial charge in [0, 0.05) is 19.5 Å². The van der Waals surface area contributed by atoms with Crippen LogP contribution in [0.1, 0.15) is 36.1 Å². The number of nitrogens with one attached hydrogen (secondary N) is 1. The average Bonchev–Trinajstić information content (AvgIpc) is 2.90. The normalized spacial score (nSPS) is 11.6. The van der Waals surface area contributed by atoms with E-state index in [1.807, 2.05) is 100 Å². The first-order valence-electron chi connectivity index (χ1n) is 12.7. The van der Waals surface area contributed by atoms with Crippen molar-refractivity contribution >= 4 is 11.8 Å². The average molecular weight is 503 g/mol. The molecule has 1 N–H and O–H groups in total. The zero-order valence-corrected chi connectivity index (χ0v) is 22.5. The van der Waals surface area contributed by atoms with E-state index in [0.29, 0.717) is 24.5 Å². The summed E-state index contributed by atoms with van der Waals surface area (Å²) in [5, 5.41) is 3.04. The third-order valence-electron chi connectivity index (χ3n) is 6.35. The number of hydrogen-bond donors (Lipinski definition) is 1. The molecule has 0 aliphatic heterocycles. The van der Waals surface area contributed by atoms with Crippen LogP contribution in [0.2, 0.25) is 0 Å². The first-order chi connectivity index (χ1) is 17.8. The van der Waals surface area contributed by atoms with E-state index in [4.69, 9.17) is 9.47 Å². The van der Waals surface area contributed by atoms with Crippen molar-refractivity contribution in [2.24, 2.45) is 5.92 Å². The summed E-state index contributed by atoms with van der Waals surface area (Å²) in [5.41, 5.74) is 3.93. The van der Waals surface area contributed by atoms with Gasteiger partial charge in [0.05, 0.1) is 7.11 Å². The number of amides is 2. The molecule has 0 aliphatic carbocycles. The molecule has 1 atom stereocenters. The van der Waals surface area contributed by atoms with Gasteiger partial charge in [0.15, 0.2) is 6.61 Å². The van der Waals surface area contributed by atoms with E-state index in [1.165, 1.54) is 0 Å². The second kappa shape index (κ2) is 13.5. The zero-order valence-electron chi connectivity index (χ0n) is 22.5. The van der Waals surface area contributed by atoms with Crippen LogP contribution in [0.15, 0.2) is 72.8 Å². The van der Waals surface area contributed by atoms with E-state index >= 15 is 0 Å². The number of rotatable bonds is 12. The quantitative estimate of drug-likeness (QED) is 0.374. The summed E-state index contributed by atoms with van der Waals surface area (Å²) in [7, 11) is 1.61. The second-order valence-corrected chi connectivity index (χ2v) is 9.70. The number of nitrogens with zero attached hydrogens (tertiary/aromatic N) is 1. The molecule has 0 fully saturated rings. The van der Waals surface area contributed by atoms with Crippen molar-refractivity contribution in [3.63, 3.8) is 0 Å². The van der Waals surface area contributed by atoms with Crippen molar-refractivity contribution < 1.29 is 19.1 Å². The number of hydrogen-bond acceptors (Lipinski definition) is 4. The molecule has 3 rings (SSSR count). The zero-order chi connectivity index (χ0) is 26.8. The number of benzene rings is 3. The van der Waals surface area contributed by atoms with Crippen molar-refractivity contribution in [2.75, 3.05) is 20.3 Å². The highest BCUT2D eigenvalue weighted by Crippen LogP contribution is 2.22. The summed E-state index contributed by atoms with van der Waals surface area (Å²) in [6.07, 6.45) is 0.393. The minimum Gasteiger partial charge on any atom is -0.497 e. The molecule has 0 bridgehead atoms. The van der Waals surface area contributed by atoms with Gasteiger partial charge in [-0.2, -0.15) is 0 Å². The summed E-state index contributed by atoms with van der Waals surface area (Å²) in [6.45, 7) is 8.68. The Labute approximate surface area is 220 Å². The Hall–Kier alpha value is -3.80. The Balaban J connectivity index is 1.93. The summed E-state index contributed by atoms with van der Waals surface area (Å²) >= 11 is 0.